The first-order chi connectivity index (χ1) is 15.2. The third kappa shape index (κ3) is 4.24. The number of anilines is 1. The van der Waals surface area contributed by atoms with E-state index in [4.69, 9.17) is 15.6 Å². The molecular formula is C22H28F3N5OS. The highest BCUT2D eigenvalue weighted by Gasteiger charge is 2.58. The molecule has 10 heteroatoms. The minimum atomic E-state index is -4.42. The molecule has 0 amide bonds. The highest BCUT2D eigenvalue weighted by atomic mass is 32.2. The van der Waals surface area contributed by atoms with Gasteiger partial charge in [-0.25, -0.2) is 4.98 Å². The number of thioether (sulfide) groups is 1. The van der Waals surface area contributed by atoms with Crippen molar-refractivity contribution in [1.82, 2.24) is 19.7 Å². The van der Waals surface area contributed by atoms with Crippen molar-refractivity contribution in [2.24, 2.45) is 11.8 Å². The lowest BCUT2D eigenvalue weighted by atomic mass is 10.0. The first-order valence-electron chi connectivity index (χ1n) is 11.1. The van der Waals surface area contributed by atoms with Crippen molar-refractivity contribution in [3.05, 3.63) is 24.0 Å². The molecule has 2 aromatic heterocycles. The summed E-state index contributed by atoms with van der Waals surface area (Å²) in [6.07, 6.45) is 3.90. The molecule has 0 unspecified atom stereocenters. The van der Waals surface area contributed by atoms with Gasteiger partial charge in [0, 0.05) is 48.5 Å². The van der Waals surface area contributed by atoms with Crippen molar-refractivity contribution in [1.29, 1.82) is 0 Å². The molecule has 3 aliphatic rings. The third-order valence-corrected chi connectivity index (χ3v) is 7.76. The van der Waals surface area contributed by atoms with Crippen LogP contribution in [0.5, 0.6) is 0 Å². The van der Waals surface area contributed by atoms with Gasteiger partial charge in [-0.1, -0.05) is 0 Å². The monoisotopic (exact) mass is 467 g/mol. The molecule has 5 rings (SSSR count). The lowest BCUT2D eigenvalue weighted by molar-refractivity contribution is -0.0328. The Balaban J connectivity index is 1.36. The minimum Gasteiger partial charge on any atom is -0.383 e. The Labute approximate surface area is 189 Å². The Hall–Kier alpha value is -1.78. The molecule has 0 aromatic carbocycles. The quantitative estimate of drug-likeness (QED) is 0.651. The number of aromatic nitrogens is 3. The van der Waals surface area contributed by atoms with Crippen LogP contribution in [0.2, 0.25) is 0 Å². The van der Waals surface area contributed by atoms with Crippen LogP contribution >= 0.6 is 11.8 Å². The van der Waals surface area contributed by atoms with E-state index in [1.165, 1.54) is 30.8 Å². The van der Waals surface area contributed by atoms with Gasteiger partial charge >= 0.3 is 5.51 Å². The third-order valence-electron chi connectivity index (χ3n) is 6.98. The van der Waals surface area contributed by atoms with E-state index in [1.54, 1.807) is 0 Å². The van der Waals surface area contributed by atoms with Gasteiger partial charge in [0.1, 0.15) is 5.82 Å². The number of ether oxygens (including phenoxy) is 1. The fraction of sp³-hybridized carbons (Fsp3) is 0.636. The van der Waals surface area contributed by atoms with Crippen LogP contribution in [0.1, 0.15) is 44.3 Å². The van der Waals surface area contributed by atoms with Crippen LogP contribution in [-0.2, 0) is 4.74 Å². The predicted octanol–water partition coefficient (Wildman–Crippen LogP) is 4.54. The zero-order chi connectivity index (χ0) is 22.6. The largest absolute Gasteiger partial charge is 0.446 e. The summed E-state index contributed by atoms with van der Waals surface area (Å²) in [6.45, 7) is 7.85. The van der Waals surface area contributed by atoms with Gasteiger partial charge < -0.3 is 10.5 Å². The molecule has 174 valence electrons. The smallest absolute Gasteiger partial charge is 0.383 e. The van der Waals surface area contributed by atoms with Gasteiger partial charge in [-0.2, -0.15) is 18.3 Å². The van der Waals surface area contributed by atoms with Crippen molar-refractivity contribution in [3.8, 4) is 11.3 Å². The van der Waals surface area contributed by atoms with Crippen LogP contribution in [0.15, 0.2) is 23.2 Å². The van der Waals surface area contributed by atoms with E-state index in [9.17, 15) is 13.2 Å². The summed E-state index contributed by atoms with van der Waals surface area (Å²) in [6, 6.07) is 4.30. The molecule has 2 aliphatic carbocycles. The molecule has 6 nitrogen and oxygen atoms in total. The highest BCUT2D eigenvalue weighted by Crippen LogP contribution is 2.64. The van der Waals surface area contributed by atoms with Gasteiger partial charge in [0.2, 0.25) is 0 Å². The minimum absolute atomic E-state index is 0.0905. The molecular weight excluding hydrogens is 439 g/mol. The van der Waals surface area contributed by atoms with E-state index in [-0.39, 0.29) is 28.5 Å². The molecule has 32 heavy (non-hydrogen) atoms. The zero-order valence-corrected chi connectivity index (χ0v) is 19.0. The second kappa shape index (κ2) is 8.22. The van der Waals surface area contributed by atoms with Crippen LogP contribution in [0.25, 0.3) is 11.3 Å². The van der Waals surface area contributed by atoms with Gasteiger partial charge in [-0.3, -0.25) is 9.58 Å². The molecule has 1 aliphatic heterocycles. The van der Waals surface area contributed by atoms with E-state index in [0.29, 0.717) is 35.1 Å². The zero-order valence-electron chi connectivity index (χ0n) is 18.2. The number of halogens is 3. The van der Waals surface area contributed by atoms with Gasteiger partial charge in [-0.05, 0) is 62.4 Å². The molecule has 2 saturated carbocycles. The summed E-state index contributed by atoms with van der Waals surface area (Å²) in [5, 5.41) is 4.76. The molecule has 0 radical (unpaired) electrons. The molecule has 0 bridgehead atoms. The number of fused-ring (bicyclic) bond motifs is 1. The standard InChI is InChI=1S/C22H28F3N5OS/c1-12(2)30-18(20-15-8-14(9-16(15)20)29-3-5-31-6-4-29)10-17(28-30)13-7-19(21(26)27-11-13)32-22(23,24)25/h7,10-12,14-16,20H,3-6,8-9H2,1-2H3,(H2,26,27)/t14-,15+,16-,20-. The Kier molecular flexibility index (Phi) is 5.66. The second-order valence-electron chi connectivity index (χ2n) is 9.27. The molecule has 4 atom stereocenters. The number of morpholine rings is 1. The fourth-order valence-electron chi connectivity index (χ4n) is 5.51. The number of nitrogens with zero attached hydrogens (tertiary/aromatic N) is 4. The van der Waals surface area contributed by atoms with Crippen molar-refractivity contribution in [3.63, 3.8) is 0 Å². The van der Waals surface area contributed by atoms with Crippen LogP contribution < -0.4 is 5.73 Å². The number of pyridine rings is 1. The number of nitrogen functional groups attached to an aromatic ring is 1. The molecule has 0 spiro atoms. The summed E-state index contributed by atoms with van der Waals surface area (Å²) in [7, 11) is 0. The van der Waals surface area contributed by atoms with Crippen molar-refractivity contribution in [2.45, 2.75) is 55.1 Å². The Morgan fingerprint density at radius 2 is 1.84 bits per heavy atom. The number of nitrogens with two attached hydrogens (primary N) is 1. The first kappa shape index (κ1) is 22.0. The fourth-order valence-corrected chi connectivity index (χ4v) is 6.10. The van der Waals surface area contributed by atoms with Crippen LogP contribution in [-0.4, -0.2) is 57.5 Å². The van der Waals surface area contributed by atoms with Crippen LogP contribution in [0, 0.1) is 11.8 Å². The average molecular weight is 468 g/mol. The van der Waals surface area contributed by atoms with E-state index in [2.05, 4.69) is 23.7 Å². The Morgan fingerprint density at radius 3 is 2.47 bits per heavy atom. The van der Waals surface area contributed by atoms with Gasteiger partial charge in [-0.15, -0.1) is 0 Å². The molecule has 3 heterocycles. The number of hydrogen-bond donors (Lipinski definition) is 1. The summed E-state index contributed by atoms with van der Waals surface area (Å²) < 4.78 is 46.2. The SMILES string of the molecule is CC(C)n1nc(-c2cnc(N)c(SC(F)(F)F)c2)cc1[C@H]1[C@@H]2C[C@H](N3CCOCC3)C[C@@H]21. The number of hydrogen-bond acceptors (Lipinski definition) is 6. The van der Waals surface area contributed by atoms with Gasteiger partial charge in [0.15, 0.2) is 0 Å². The van der Waals surface area contributed by atoms with Crippen molar-refractivity contribution in [2.75, 3.05) is 32.0 Å². The molecule has 1 saturated heterocycles. The van der Waals surface area contributed by atoms with E-state index >= 15 is 0 Å². The maximum Gasteiger partial charge on any atom is 0.446 e. The predicted molar refractivity (Wildman–Crippen MR) is 117 cm³/mol. The lowest BCUT2D eigenvalue weighted by Crippen LogP contribution is -2.43. The maximum atomic E-state index is 12.9. The summed E-state index contributed by atoms with van der Waals surface area (Å²) >= 11 is -0.236. The maximum absolute atomic E-state index is 12.9. The van der Waals surface area contributed by atoms with Crippen LogP contribution in [0.4, 0.5) is 19.0 Å². The van der Waals surface area contributed by atoms with Gasteiger partial charge in [0.25, 0.3) is 0 Å². The van der Waals surface area contributed by atoms with Crippen LogP contribution in [0.3, 0.4) is 0 Å². The topological polar surface area (TPSA) is 69.2 Å². The van der Waals surface area contributed by atoms with Gasteiger partial charge in [0.05, 0.1) is 23.8 Å². The Bertz CT molecular complexity index is 976. The number of rotatable bonds is 5. The van der Waals surface area contributed by atoms with Crippen molar-refractivity contribution >= 4 is 17.6 Å². The first-order valence-corrected chi connectivity index (χ1v) is 12.0. The molecule has 3 fully saturated rings. The molecule has 2 N–H and O–H groups in total. The summed E-state index contributed by atoms with van der Waals surface area (Å²) in [4.78, 5) is 6.47. The number of alkyl halides is 3. The normalized spacial score (nSPS) is 28.3. The average Bonchev–Trinajstić information content (AvgIpc) is 3.09. The van der Waals surface area contributed by atoms with E-state index < -0.39 is 5.51 Å². The lowest BCUT2D eigenvalue weighted by Gasteiger charge is -2.33. The summed E-state index contributed by atoms with van der Waals surface area (Å²) in [5.74, 6) is 1.67. The van der Waals surface area contributed by atoms with E-state index in [1.807, 2.05) is 10.7 Å². The Morgan fingerprint density at radius 1 is 1.16 bits per heavy atom. The highest BCUT2D eigenvalue weighted by molar-refractivity contribution is 8.00. The second-order valence-corrected chi connectivity index (χ2v) is 10.4. The molecule has 2 aromatic rings. The van der Waals surface area contributed by atoms with E-state index in [0.717, 1.165) is 26.3 Å². The van der Waals surface area contributed by atoms with Crippen molar-refractivity contribution < 1.29 is 17.9 Å². The summed E-state index contributed by atoms with van der Waals surface area (Å²) in [5.41, 5.74) is 3.66.